The Morgan fingerprint density at radius 3 is 2.45 bits per heavy atom. The van der Waals surface area contributed by atoms with E-state index >= 15 is 0 Å². The van der Waals surface area contributed by atoms with Crippen LogP contribution in [-0.2, 0) is 9.53 Å². The average molecular weight is 168 g/mol. The molecule has 0 rings (SSSR count). The van der Waals surface area contributed by atoms with Crippen LogP contribution in [0.4, 0.5) is 13.2 Å². The van der Waals surface area contributed by atoms with Crippen molar-refractivity contribution < 1.29 is 22.7 Å². The molecule has 0 aromatic heterocycles. The molecule has 0 aromatic rings. The van der Waals surface area contributed by atoms with Crippen molar-refractivity contribution >= 4 is 5.97 Å². The number of hydrogen-bond donors (Lipinski definition) is 0. The average Bonchev–Trinajstić information content (AvgIpc) is 1.83. The molecule has 0 atom stereocenters. The quantitative estimate of drug-likeness (QED) is 0.463. The van der Waals surface area contributed by atoms with E-state index in [0.717, 1.165) is 6.08 Å². The summed E-state index contributed by atoms with van der Waals surface area (Å²) in [4.78, 5) is 10.3. The van der Waals surface area contributed by atoms with E-state index in [2.05, 4.69) is 4.74 Å². The minimum atomic E-state index is -4.45. The molecule has 2 nitrogen and oxygen atoms in total. The van der Waals surface area contributed by atoms with Gasteiger partial charge in [0.2, 0.25) is 0 Å². The van der Waals surface area contributed by atoms with Gasteiger partial charge in [-0.3, -0.25) is 0 Å². The lowest BCUT2D eigenvalue weighted by molar-refractivity contribution is -0.182. The Morgan fingerprint density at radius 1 is 1.55 bits per heavy atom. The van der Waals surface area contributed by atoms with Gasteiger partial charge < -0.3 is 4.74 Å². The lowest BCUT2D eigenvalue weighted by Crippen LogP contribution is -2.19. The zero-order chi connectivity index (χ0) is 8.91. The number of halogens is 3. The van der Waals surface area contributed by atoms with Crippen LogP contribution in [0.2, 0.25) is 0 Å². The van der Waals surface area contributed by atoms with Gasteiger partial charge in [-0.15, -0.1) is 0 Å². The monoisotopic (exact) mass is 168 g/mol. The number of ether oxygens (including phenoxy) is 1. The SMILES string of the molecule is C/C=C/C(=O)OCC(F)(F)F. The van der Waals surface area contributed by atoms with Crippen molar-refractivity contribution in [3.63, 3.8) is 0 Å². The molecule has 0 fully saturated rings. The molecule has 0 saturated carbocycles. The molecule has 0 N–H and O–H groups in total. The van der Waals surface area contributed by atoms with E-state index < -0.39 is 18.8 Å². The fraction of sp³-hybridized carbons (Fsp3) is 0.500. The molecule has 0 unspecified atom stereocenters. The highest BCUT2D eigenvalue weighted by Gasteiger charge is 2.28. The number of hydrogen-bond acceptors (Lipinski definition) is 2. The predicted octanol–water partition coefficient (Wildman–Crippen LogP) is 1.67. The van der Waals surface area contributed by atoms with Gasteiger partial charge >= 0.3 is 12.1 Å². The Morgan fingerprint density at radius 2 is 2.09 bits per heavy atom. The Kier molecular flexibility index (Phi) is 3.64. The Hall–Kier alpha value is -1.00. The van der Waals surface area contributed by atoms with Crippen molar-refractivity contribution in [1.29, 1.82) is 0 Å². The molecule has 0 spiro atoms. The van der Waals surface area contributed by atoms with Crippen LogP contribution in [0.3, 0.4) is 0 Å². The van der Waals surface area contributed by atoms with Gasteiger partial charge in [-0.05, 0) is 6.92 Å². The molecule has 5 heteroatoms. The summed E-state index contributed by atoms with van der Waals surface area (Å²) in [6.45, 7) is -0.0228. The minimum absolute atomic E-state index is 0.922. The summed E-state index contributed by atoms with van der Waals surface area (Å²) in [7, 11) is 0. The number of rotatable bonds is 2. The Balaban J connectivity index is 3.63. The van der Waals surface area contributed by atoms with E-state index in [9.17, 15) is 18.0 Å². The summed E-state index contributed by atoms with van der Waals surface area (Å²) >= 11 is 0. The fourth-order valence-corrected chi connectivity index (χ4v) is 0.337. The molecule has 0 aliphatic rings. The van der Waals surface area contributed by atoms with E-state index in [1.54, 1.807) is 0 Å². The zero-order valence-electron chi connectivity index (χ0n) is 5.81. The number of carbonyl (C=O) groups excluding carboxylic acids is 1. The van der Waals surface area contributed by atoms with Crippen LogP contribution in [0.25, 0.3) is 0 Å². The smallest absolute Gasteiger partial charge is 0.422 e. The molecule has 0 saturated heterocycles. The standard InChI is InChI=1S/C6H7F3O2/c1-2-3-5(10)11-4-6(7,8)9/h2-3H,4H2,1H3/b3-2+. The van der Waals surface area contributed by atoms with E-state index in [1.165, 1.54) is 13.0 Å². The molecule has 64 valence electrons. The summed E-state index contributed by atoms with van der Waals surface area (Å²) in [5, 5.41) is 0. The highest BCUT2D eigenvalue weighted by molar-refractivity contribution is 5.81. The van der Waals surface area contributed by atoms with Gasteiger partial charge in [0.15, 0.2) is 6.61 Å². The van der Waals surface area contributed by atoms with E-state index in [0.29, 0.717) is 0 Å². The fourth-order valence-electron chi connectivity index (χ4n) is 0.337. The molecule has 0 aliphatic heterocycles. The second-order valence-electron chi connectivity index (χ2n) is 1.72. The van der Waals surface area contributed by atoms with Crippen LogP contribution >= 0.6 is 0 Å². The molecule has 0 aromatic carbocycles. The number of allylic oxidation sites excluding steroid dienone is 1. The first-order valence-electron chi connectivity index (χ1n) is 2.82. The van der Waals surface area contributed by atoms with Crippen LogP contribution in [0, 0.1) is 0 Å². The summed E-state index contributed by atoms with van der Waals surface area (Å²) < 4.78 is 37.9. The molecule has 0 radical (unpaired) electrons. The molecule has 0 bridgehead atoms. The molecule has 0 heterocycles. The third-order valence-electron chi connectivity index (χ3n) is 0.681. The van der Waals surface area contributed by atoms with Gasteiger partial charge in [-0.2, -0.15) is 13.2 Å². The molecule has 0 amide bonds. The van der Waals surface area contributed by atoms with Gasteiger partial charge in [0, 0.05) is 6.08 Å². The third kappa shape index (κ3) is 6.89. The first kappa shape index (κ1) is 10.0. The molecular formula is C6H7F3O2. The number of carbonyl (C=O) groups is 1. The van der Waals surface area contributed by atoms with Gasteiger partial charge in [0.05, 0.1) is 0 Å². The van der Waals surface area contributed by atoms with E-state index in [-0.39, 0.29) is 0 Å². The maximum atomic E-state index is 11.4. The highest BCUT2D eigenvalue weighted by atomic mass is 19.4. The maximum Gasteiger partial charge on any atom is 0.422 e. The van der Waals surface area contributed by atoms with Gasteiger partial charge in [-0.25, -0.2) is 4.79 Å². The largest absolute Gasteiger partial charge is 0.453 e. The van der Waals surface area contributed by atoms with Crippen LogP contribution < -0.4 is 0 Å². The van der Waals surface area contributed by atoms with Gasteiger partial charge in [0.1, 0.15) is 0 Å². The summed E-state index contributed by atoms with van der Waals surface area (Å²) in [6, 6.07) is 0. The minimum Gasteiger partial charge on any atom is -0.453 e. The summed E-state index contributed by atoms with van der Waals surface area (Å²) in [6.07, 6.45) is -2.22. The Bertz CT molecular complexity index is 160. The molecule has 0 aliphatic carbocycles. The molecular weight excluding hydrogens is 161 g/mol. The summed E-state index contributed by atoms with van der Waals surface area (Å²) in [5.41, 5.74) is 0. The first-order chi connectivity index (χ1) is 4.95. The lowest BCUT2D eigenvalue weighted by Gasteiger charge is -2.04. The van der Waals surface area contributed by atoms with Gasteiger partial charge in [-0.1, -0.05) is 6.08 Å². The van der Waals surface area contributed by atoms with Crippen molar-refractivity contribution in [1.82, 2.24) is 0 Å². The number of alkyl halides is 3. The normalized spacial score (nSPS) is 12.0. The topological polar surface area (TPSA) is 26.3 Å². The van der Waals surface area contributed by atoms with Crippen molar-refractivity contribution in [2.24, 2.45) is 0 Å². The predicted molar refractivity (Wildman–Crippen MR) is 31.8 cm³/mol. The van der Waals surface area contributed by atoms with Crippen molar-refractivity contribution in [2.45, 2.75) is 13.1 Å². The van der Waals surface area contributed by atoms with Crippen molar-refractivity contribution in [3.05, 3.63) is 12.2 Å². The second-order valence-corrected chi connectivity index (χ2v) is 1.72. The lowest BCUT2D eigenvalue weighted by atomic mass is 10.5. The summed E-state index contributed by atoms with van der Waals surface area (Å²) in [5.74, 6) is -0.982. The highest BCUT2D eigenvalue weighted by Crippen LogP contribution is 2.14. The maximum absolute atomic E-state index is 11.4. The van der Waals surface area contributed by atoms with E-state index in [1.807, 2.05) is 0 Å². The van der Waals surface area contributed by atoms with Crippen LogP contribution in [0.5, 0.6) is 0 Å². The zero-order valence-corrected chi connectivity index (χ0v) is 5.81. The molecule has 11 heavy (non-hydrogen) atoms. The first-order valence-corrected chi connectivity index (χ1v) is 2.82. The van der Waals surface area contributed by atoms with E-state index in [4.69, 9.17) is 0 Å². The van der Waals surface area contributed by atoms with Gasteiger partial charge in [0.25, 0.3) is 0 Å². The van der Waals surface area contributed by atoms with Crippen LogP contribution in [-0.4, -0.2) is 18.8 Å². The second kappa shape index (κ2) is 4.00. The van der Waals surface area contributed by atoms with Crippen LogP contribution in [0.15, 0.2) is 12.2 Å². The van der Waals surface area contributed by atoms with Crippen molar-refractivity contribution in [3.8, 4) is 0 Å². The van der Waals surface area contributed by atoms with Crippen LogP contribution in [0.1, 0.15) is 6.92 Å². The third-order valence-corrected chi connectivity index (χ3v) is 0.681. The van der Waals surface area contributed by atoms with Crippen molar-refractivity contribution in [2.75, 3.05) is 6.61 Å². The number of esters is 1. The Labute approximate surface area is 61.6 Å².